The van der Waals surface area contributed by atoms with Gasteiger partial charge in [0.25, 0.3) is 0 Å². The molecular formula is C22H25ClN2O2. The number of carbonyl (C=O) groups excluding carboxylic acids is 2. The second kappa shape index (κ2) is 9.05. The fraction of sp³-hybridized carbons (Fsp3) is 0.364. The molecular weight excluding hydrogens is 360 g/mol. The molecule has 1 aliphatic carbocycles. The van der Waals surface area contributed by atoms with Crippen molar-refractivity contribution in [2.45, 2.75) is 44.1 Å². The van der Waals surface area contributed by atoms with Gasteiger partial charge in [-0.1, -0.05) is 66.9 Å². The molecule has 142 valence electrons. The largest absolute Gasteiger partial charge is 0.355 e. The summed E-state index contributed by atoms with van der Waals surface area (Å²) < 4.78 is 0. The fourth-order valence-electron chi connectivity index (χ4n) is 3.74. The molecule has 3 rings (SSSR count). The van der Waals surface area contributed by atoms with Crippen LogP contribution in [0, 0.1) is 0 Å². The summed E-state index contributed by atoms with van der Waals surface area (Å²) in [5.41, 5.74) is 1.57. The van der Waals surface area contributed by atoms with E-state index in [9.17, 15) is 9.59 Å². The lowest BCUT2D eigenvalue weighted by Gasteiger charge is -2.28. The molecule has 0 heterocycles. The lowest BCUT2D eigenvalue weighted by Crippen LogP contribution is -2.43. The van der Waals surface area contributed by atoms with Gasteiger partial charge in [-0.2, -0.15) is 0 Å². The van der Waals surface area contributed by atoms with Crippen LogP contribution < -0.4 is 10.6 Å². The number of amides is 2. The van der Waals surface area contributed by atoms with E-state index in [-0.39, 0.29) is 18.2 Å². The summed E-state index contributed by atoms with van der Waals surface area (Å²) in [5.74, 6) is -0.0516. The smallest absolute Gasteiger partial charge is 0.230 e. The van der Waals surface area contributed by atoms with Gasteiger partial charge in [0, 0.05) is 24.5 Å². The van der Waals surface area contributed by atoms with Crippen LogP contribution in [0.1, 0.15) is 43.2 Å². The van der Waals surface area contributed by atoms with Gasteiger partial charge in [0.1, 0.15) is 0 Å². The molecule has 0 spiro atoms. The van der Waals surface area contributed by atoms with Crippen LogP contribution in [-0.2, 0) is 21.5 Å². The van der Waals surface area contributed by atoms with Crippen LogP contribution in [0.2, 0.25) is 5.02 Å². The number of hydrogen-bond donors (Lipinski definition) is 2. The molecule has 0 aliphatic heterocycles. The highest BCUT2D eigenvalue weighted by Crippen LogP contribution is 2.41. The summed E-state index contributed by atoms with van der Waals surface area (Å²) in [6, 6.07) is 17.3. The van der Waals surface area contributed by atoms with E-state index in [0.29, 0.717) is 18.1 Å². The standard InChI is InChI=1S/C22H25ClN2O2/c23-19-10-8-18(9-11-19)22(13-4-5-14-22)21(27)24-15-12-20(26)25-16-17-6-2-1-3-7-17/h1-3,6-11H,4-5,12-16H2,(H,24,27)(H,25,26). The summed E-state index contributed by atoms with van der Waals surface area (Å²) in [7, 11) is 0. The van der Waals surface area contributed by atoms with Gasteiger partial charge in [-0.3, -0.25) is 9.59 Å². The van der Waals surface area contributed by atoms with E-state index >= 15 is 0 Å². The van der Waals surface area contributed by atoms with Crippen LogP contribution >= 0.6 is 11.6 Å². The lowest BCUT2D eigenvalue weighted by atomic mass is 9.78. The molecule has 0 aromatic heterocycles. The first-order valence-electron chi connectivity index (χ1n) is 9.45. The Labute approximate surface area is 165 Å². The Kier molecular flexibility index (Phi) is 6.51. The minimum absolute atomic E-state index is 0.0122. The van der Waals surface area contributed by atoms with Gasteiger partial charge >= 0.3 is 0 Å². The SMILES string of the molecule is O=C(CCNC(=O)C1(c2ccc(Cl)cc2)CCCC1)NCc1ccccc1. The summed E-state index contributed by atoms with van der Waals surface area (Å²) in [4.78, 5) is 25.0. The third kappa shape index (κ3) is 4.89. The molecule has 0 bridgehead atoms. The zero-order valence-electron chi connectivity index (χ0n) is 15.3. The quantitative estimate of drug-likeness (QED) is 0.758. The van der Waals surface area contributed by atoms with E-state index in [1.54, 1.807) is 0 Å². The van der Waals surface area contributed by atoms with Crippen molar-refractivity contribution in [2.75, 3.05) is 6.54 Å². The second-order valence-electron chi connectivity index (χ2n) is 7.06. The van der Waals surface area contributed by atoms with Crippen LogP contribution in [0.4, 0.5) is 0 Å². The summed E-state index contributed by atoms with van der Waals surface area (Å²) in [6.07, 6.45) is 4.01. The van der Waals surface area contributed by atoms with Crippen LogP contribution in [0.15, 0.2) is 54.6 Å². The number of rotatable bonds is 7. The maximum absolute atomic E-state index is 12.9. The molecule has 0 atom stereocenters. The first-order valence-corrected chi connectivity index (χ1v) is 9.83. The number of carbonyl (C=O) groups is 2. The lowest BCUT2D eigenvalue weighted by molar-refractivity contribution is -0.127. The van der Waals surface area contributed by atoms with E-state index < -0.39 is 5.41 Å². The minimum Gasteiger partial charge on any atom is -0.355 e. The predicted molar refractivity (Wildman–Crippen MR) is 108 cm³/mol. The number of benzene rings is 2. The Morgan fingerprint density at radius 3 is 2.26 bits per heavy atom. The summed E-state index contributed by atoms with van der Waals surface area (Å²) in [5, 5.41) is 6.53. The Balaban J connectivity index is 1.51. The monoisotopic (exact) mass is 384 g/mol. The van der Waals surface area contributed by atoms with Gasteiger partial charge in [0.2, 0.25) is 11.8 Å². The molecule has 1 aliphatic rings. The number of hydrogen-bond acceptors (Lipinski definition) is 2. The molecule has 4 nitrogen and oxygen atoms in total. The van der Waals surface area contributed by atoms with Gasteiger partial charge in [-0.05, 0) is 36.1 Å². The van der Waals surface area contributed by atoms with Crippen molar-refractivity contribution in [1.82, 2.24) is 10.6 Å². The van der Waals surface area contributed by atoms with E-state index in [2.05, 4.69) is 10.6 Å². The molecule has 0 unspecified atom stereocenters. The Bertz CT molecular complexity index is 769. The molecule has 1 saturated carbocycles. The average Bonchev–Trinajstić information content (AvgIpc) is 3.19. The van der Waals surface area contributed by atoms with Crippen molar-refractivity contribution in [1.29, 1.82) is 0 Å². The molecule has 0 radical (unpaired) electrons. The Morgan fingerprint density at radius 1 is 0.926 bits per heavy atom. The van der Waals surface area contributed by atoms with Crippen molar-refractivity contribution in [3.05, 3.63) is 70.7 Å². The van der Waals surface area contributed by atoms with E-state index in [1.807, 2.05) is 54.6 Å². The highest BCUT2D eigenvalue weighted by molar-refractivity contribution is 6.30. The Hall–Kier alpha value is -2.33. The molecule has 2 N–H and O–H groups in total. The van der Waals surface area contributed by atoms with Gasteiger partial charge < -0.3 is 10.6 Å². The van der Waals surface area contributed by atoms with Gasteiger partial charge in [-0.15, -0.1) is 0 Å². The second-order valence-corrected chi connectivity index (χ2v) is 7.50. The third-order valence-corrected chi connectivity index (χ3v) is 5.51. The number of halogens is 1. The highest BCUT2D eigenvalue weighted by Gasteiger charge is 2.42. The predicted octanol–water partition coefficient (Wildman–Crippen LogP) is 3.97. The van der Waals surface area contributed by atoms with Crippen LogP contribution in [0.25, 0.3) is 0 Å². The van der Waals surface area contributed by atoms with Crippen molar-refractivity contribution in [2.24, 2.45) is 0 Å². The summed E-state index contributed by atoms with van der Waals surface area (Å²) >= 11 is 5.99. The fourth-order valence-corrected chi connectivity index (χ4v) is 3.86. The molecule has 2 amide bonds. The molecule has 1 fully saturated rings. The van der Waals surface area contributed by atoms with E-state index in [1.165, 1.54) is 0 Å². The maximum atomic E-state index is 12.9. The van der Waals surface area contributed by atoms with Crippen LogP contribution in [0.5, 0.6) is 0 Å². The molecule has 27 heavy (non-hydrogen) atoms. The molecule has 5 heteroatoms. The van der Waals surface area contributed by atoms with Gasteiger partial charge in [-0.25, -0.2) is 0 Å². The minimum atomic E-state index is -0.495. The van der Waals surface area contributed by atoms with Gasteiger partial charge in [0.05, 0.1) is 5.41 Å². The Morgan fingerprint density at radius 2 is 1.59 bits per heavy atom. The number of nitrogens with one attached hydrogen (secondary N) is 2. The molecule has 2 aromatic carbocycles. The third-order valence-electron chi connectivity index (χ3n) is 5.26. The molecule has 0 saturated heterocycles. The first-order chi connectivity index (χ1) is 13.1. The van der Waals surface area contributed by atoms with Gasteiger partial charge in [0.15, 0.2) is 0 Å². The van der Waals surface area contributed by atoms with Crippen molar-refractivity contribution < 1.29 is 9.59 Å². The maximum Gasteiger partial charge on any atom is 0.230 e. The average molecular weight is 385 g/mol. The highest BCUT2D eigenvalue weighted by atomic mass is 35.5. The normalized spacial score (nSPS) is 15.3. The van der Waals surface area contributed by atoms with Crippen molar-refractivity contribution >= 4 is 23.4 Å². The van der Waals surface area contributed by atoms with E-state index in [0.717, 1.165) is 36.8 Å². The topological polar surface area (TPSA) is 58.2 Å². The zero-order chi connectivity index (χ0) is 19.1. The van der Waals surface area contributed by atoms with E-state index in [4.69, 9.17) is 11.6 Å². The van der Waals surface area contributed by atoms with Crippen LogP contribution in [0.3, 0.4) is 0 Å². The van der Waals surface area contributed by atoms with Crippen molar-refractivity contribution in [3.63, 3.8) is 0 Å². The zero-order valence-corrected chi connectivity index (χ0v) is 16.1. The van der Waals surface area contributed by atoms with Crippen molar-refractivity contribution in [3.8, 4) is 0 Å². The molecule has 2 aromatic rings. The first kappa shape index (κ1) is 19.4. The summed E-state index contributed by atoms with van der Waals surface area (Å²) in [6.45, 7) is 0.844. The van der Waals surface area contributed by atoms with Crippen LogP contribution in [-0.4, -0.2) is 18.4 Å².